The molecule has 0 unspecified atom stereocenters. The number of aliphatic hydroxyl groups is 1. The number of fused-ring (bicyclic) bond motifs is 1. The SMILES string of the molecule is Cc1ccc(=O)n(CC2(O)CCN(Cc3ccnc4ccccc34)CC2)n1. The number of benzene rings is 1. The lowest BCUT2D eigenvalue weighted by atomic mass is 9.91. The number of nitrogens with zero attached hydrogens (tertiary/aromatic N) is 4. The van der Waals surface area contributed by atoms with E-state index in [0.29, 0.717) is 12.8 Å². The van der Waals surface area contributed by atoms with E-state index in [0.717, 1.165) is 30.8 Å². The Morgan fingerprint density at radius 1 is 1.11 bits per heavy atom. The summed E-state index contributed by atoms with van der Waals surface area (Å²) in [6.07, 6.45) is 3.10. The first-order valence-electron chi connectivity index (χ1n) is 9.35. The van der Waals surface area contributed by atoms with Crippen molar-refractivity contribution >= 4 is 10.9 Å². The number of aryl methyl sites for hydroxylation is 1. The van der Waals surface area contributed by atoms with Gasteiger partial charge in [0.25, 0.3) is 5.56 Å². The molecule has 1 fully saturated rings. The van der Waals surface area contributed by atoms with E-state index in [-0.39, 0.29) is 12.1 Å². The lowest BCUT2D eigenvalue weighted by Gasteiger charge is -2.38. The summed E-state index contributed by atoms with van der Waals surface area (Å²) in [5.74, 6) is 0. The minimum absolute atomic E-state index is 0.167. The van der Waals surface area contributed by atoms with E-state index in [1.54, 1.807) is 6.07 Å². The van der Waals surface area contributed by atoms with Crippen LogP contribution in [0.2, 0.25) is 0 Å². The monoisotopic (exact) mass is 364 g/mol. The molecule has 1 aliphatic heterocycles. The van der Waals surface area contributed by atoms with Crippen molar-refractivity contribution in [3.63, 3.8) is 0 Å². The molecule has 0 spiro atoms. The molecule has 1 N–H and O–H groups in total. The van der Waals surface area contributed by atoms with Crippen molar-refractivity contribution in [3.8, 4) is 0 Å². The largest absolute Gasteiger partial charge is 0.388 e. The zero-order chi connectivity index (χ0) is 18.9. The van der Waals surface area contributed by atoms with E-state index in [1.165, 1.54) is 21.7 Å². The summed E-state index contributed by atoms with van der Waals surface area (Å²) < 4.78 is 1.39. The van der Waals surface area contributed by atoms with Gasteiger partial charge in [-0.25, -0.2) is 4.68 Å². The van der Waals surface area contributed by atoms with Gasteiger partial charge in [0.15, 0.2) is 0 Å². The summed E-state index contributed by atoms with van der Waals surface area (Å²) in [4.78, 5) is 18.8. The minimum Gasteiger partial charge on any atom is -0.388 e. The van der Waals surface area contributed by atoms with Crippen molar-refractivity contribution in [2.24, 2.45) is 0 Å². The third kappa shape index (κ3) is 3.91. The quantitative estimate of drug-likeness (QED) is 0.768. The number of likely N-dealkylation sites (tertiary alicyclic amines) is 1. The summed E-state index contributed by atoms with van der Waals surface area (Å²) >= 11 is 0. The fourth-order valence-corrected chi connectivity index (χ4v) is 3.76. The third-order valence-corrected chi connectivity index (χ3v) is 5.36. The van der Waals surface area contributed by atoms with Crippen LogP contribution in [0, 0.1) is 6.92 Å². The Kier molecular flexibility index (Phi) is 4.76. The molecule has 4 rings (SSSR count). The molecule has 0 bridgehead atoms. The van der Waals surface area contributed by atoms with E-state index in [4.69, 9.17) is 0 Å². The van der Waals surface area contributed by atoms with Gasteiger partial charge in [0.1, 0.15) is 0 Å². The van der Waals surface area contributed by atoms with E-state index in [2.05, 4.69) is 27.1 Å². The van der Waals surface area contributed by atoms with Gasteiger partial charge >= 0.3 is 0 Å². The van der Waals surface area contributed by atoms with Gasteiger partial charge in [-0.2, -0.15) is 5.10 Å². The normalized spacial score (nSPS) is 17.3. The standard InChI is InChI=1S/C21H24N4O2/c1-16-6-7-20(26)25(23-16)15-21(27)9-12-24(13-10-21)14-17-8-11-22-19-5-3-2-4-18(17)19/h2-8,11,27H,9-10,12-15H2,1H3. The number of para-hydroxylation sites is 1. The van der Waals surface area contributed by atoms with Crippen molar-refractivity contribution in [1.82, 2.24) is 19.7 Å². The summed E-state index contributed by atoms with van der Waals surface area (Å²) in [5, 5.41) is 16.4. The number of piperidine rings is 1. The van der Waals surface area contributed by atoms with Crippen LogP contribution in [0.15, 0.2) is 53.5 Å². The first kappa shape index (κ1) is 17.8. The zero-order valence-electron chi connectivity index (χ0n) is 15.5. The highest BCUT2D eigenvalue weighted by molar-refractivity contribution is 5.81. The molecule has 140 valence electrons. The Morgan fingerprint density at radius 2 is 1.89 bits per heavy atom. The first-order chi connectivity index (χ1) is 13.0. The molecule has 2 aromatic heterocycles. The van der Waals surface area contributed by atoms with E-state index in [1.807, 2.05) is 31.3 Å². The molecule has 27 heavy (non-hydrogen) atoms. The molecular weight excluding hydrogens is 340 g/mol. The molecule has 1 aromatic carbocycles. The molecule has 0 radical (unpaired) electrons. The second-order valence-corrected chi connectivity index (χ2v) is 7.46. The van der Waals surface area contributed by atoms with Crippen LogP contribution in [0.5, 0.6) is 0 Å². The number of hydrogen-bond donors (Lipinski definition) is 1. The Labute approximate surface area is 158 Å². The van der Waals surface area contributed by atoms with Gasteiger partial charge in [0.2, 0.25) is 0 Å². The van der Waals surface area contributed by atoms with Gasteiger partial charge in [0.05, 0.1) is 23.4 Å². The van der Waals surface area contributed by atoms with Gasteiger partial charge < -0.3 is 5.11 Å². The molecule has 1 aliphatic rings. The van der Waals surface area contributed by atoms with Gasteiger partial charge in [0, 0.05) is 37.3 Å². The molecule has 6 nitrogen and oxygen atoms in total. The van der Waals surface area contributed by atoms with E-state index >= 15 is 0 Å². The minimum atomic E-state index is -0.887. The zero-order valence-corrected chi connectivity index (χ0v) is 15.5. The van der Waals surface area contributed by atoms with Crippen LogP contribution in [0.3, 0.4) is 0 Å². The fourth-order valence-electron chi connectivity index (χ4n) is 3.76. The Bertz CT molecular complexity index is 1000. The number of hydrogen-bond acceptors (Lipinski definition) is 5. The molecule has 0 atom stereocenters. The smallest absolute Gasteiger partial charge is 0.266 e. The number of aromatic nitrogens is 3. The summed E-state index contributed by atoms with van der Waals surface area (Å²) in [5.41, 5.74) is 1.98. The van der Waals surface area contributed by atoms with Crippen molar-refractivity contribution in [3.05, 3.63) is 70.3 Å². The van der Waals surface area contributed by atoms with Crippen LogP contribution in [0.4, 0.5) is 0 Å². The van der Waals surface area contributed by atoms with Crippen LogP contribution < -0.4 is 5.56 Å². The Hall–Kier alpha value is -2.57. The number of rotatable bonds is 4. The molecule has 0 amide bonds. The molecule has 0 saturated carbocycles. The highest BCUT2D eigenvalue weighted by Gasteiger charge is 2.33. The third-order valence-electron chi connectivity index (χ3n) is 5.36. The number of pyridine rings is 1. The maximum absolute atomic E-state index is 12.0. The Balaban J connectivity index is 1.44. The van der Waals surface area contributed by atoms with E-state index in [9.17, 15) is 9.90 Å². The van der Waals surface area contributed by atoms with Gasteiger partial charge in [-0.05, 0) is 43.5 Å². The molecule has 1 saturated heterocycles. The highest BCUT2D eigenvalue weighted by atomic mass is 16.3. The Morgan fingerprint density at radius 3 is 2.70 bits per heavy atom. The second kappa shape index (κ2) is 7.21. The highest BCUT2D eigenvalue weighted by Crippen LogP contribution is 2.26. The predicted octanol–water partition coefficient (Wildman–Crippen LogP) is 2.13. The van der Waals surface area contributed by atoms with Crippen molar-refractivity contribution in [2.45, 2.75) is 38.5 Å². The average Bonchev–Trinajstić information content (AvgIpc) is 2.67. The molecule has 0 aliphatic carbocycles. The fraction of sp³-hybridized carbons (Fsp3) is 0.381. The molecule has 3 aromatic rings. The summed E-state index contributed by atoms with van der Waals surface area (Å²) in [7, 11) is 0. The molecule has 6 heteroatoms. The topological polar surface area (TPSA) is 71.2 Å². The van der Waals surface area contributed by atoms with Crippen LogP contribution in [0.1, 0.15) is 24.1 Å². The summed E-state index contributed by atoms with van der Waals surface area (Å²) in [6, 6.07) is 13.4. The van der Waals surface area contributed by atoms with Crippen LogP contribution in [-0.4, -0.2) is 43.5 Å². The predicted molar refractivity (Wildman–Crippen MR) is 104 cm³/mol. The van der Waals surface area contributed by atoms with Crippen molar-refractivity contribution in [2.75, 3.05) is 13.1 Å². The van der Waals surface area contributed by atoms with Crippen LogP contribution >= 0.6 is 0 Å². The van der Waals surface area contributed by atoms with Gasteiger partial charge in [-0.15, -0.1) is 0 Å². The van der Waals surface area contributed by atoms with Crippen molar-refractivity contribution < 1.29 is 5.11 Å². The second-order valence-electron chi connectivity index (χ2n) is 7.46. The summed E-state index contributed by atoms with van der Waals surface area (Å²) in [6.45, 7) is 4.50. The molecule has 3 heterocycles. The van der Waals surface area contributed by atoms with Crippen LogP contribution in [0.25, 0.3) is 10.9 Å². The maximum Gasteiger partial charge on any atom is 0.266 e. The van der Waals surface area contributed by atoms with Gasteiger partial charge in [-0.3, -0.25) is 14.7 Å². The first-order valence-corrected chi connectivity index (χ1v) is 9.35. The van der Waals surface area contributed by atoms with E-state index < -0.39 is 5.60 Å². The van der Waals surface area contributed by atoms with Crippen molar-refractivity contribution in [1.29, 1.82) is 0 Å². The average molecular weight is 364 g/mol. The maximum atomic E-state index is 12.0. The molecular formula is C21H24N4O2. The lowest BCUT2D eigenvalue weighted by molar-refractivity contribution is -0.0390. The lowest BCUT2D eigenvalue weighted by Crippen LogP contribution is -2.48. The van der Waals surface area contributed by atoms with Crippen LogP contribution in [-0.2, 0) is 13.1 Å². The van der Waals surface area contributed by atoms with Gasteiger partial charge in [-0.1, -0.05) is 18.2 Å².